The lowest BCUT2D eigenvalue weighted by atomic mass is 10.4. The molecule has 21 heavy (non-hydrogen) atoms. The summed E-state index contributed by atoms with van der Waals surface area (Å²) in [4.78, 5) is 45.1. The van der Waals surface area contributed by atoms with Crippen LogP contribution >= 0.6 is 0 Å². The van der Waals surface area contributed by atoms with Gasteiger partial charge >= 0.3 is 0 Å². The molecule has 0 unspecified atom stereocenters. The number of hydrazine groups is 2. The van der Waals surface area contributed by atoms with Crippen LogP contribution in [0.5, 0.6) is 0 Å². The molecule has 2 fully saturated rings. The molecule has 0 atom stereocenters. The average molecular weight is 298 g/mol. The first-order chi connectivity index (χ1) is 10.1. The van der Waals surface area contributed by atoms with E-state index in [2.05, 4.69) is 10.9 Å². The van der Waals surface area contributed by atoms with Gasteiger partial charge in [-0.05, 0) is 0 Å². The molecule has 0 saturated carbocycles. The van der Waals surface area contributed by atoms with Gasteiger partial charge in [0.05, 0.1) is 13.2 Å². The maximum absolute atomic E-state index is 11.3. The molecule has 0 radical (unpaired) electrons. The first-order valence-electron chi connectivity index (χ1n) is 6.86. The third-order valence-electron chi connectivity index (χ3n) is 3.14. The van der Waals surface area contributed by atoms with Gasteiger partial charge in [0.1, 0.15) is 0 Å². The summed E-state index contributed by atoms with van der Waals surface area (Å²) >= 11 is 0. The zero-order valence-electron chi connectivity index (χ0n) is 11.6. The monoisotopic (exact) mass is 298 g/mol. The van der Waals surface area contributed by atoms with Crippen molar-refractivity contribution in [3.05, 3.63) is 0 Å². The van der Waals surface area contributed by atoms with Gasteiger partial charge in [-0.15, -0.1) is 0 Å². The second-order valence-electron chi connectivity index (χ2n) is 4.67. The number of nitrogens with zero attached hydrogens (tertiary/aromatic N) is 2. The van der Waals surface area contributed by atoms with E-state index in [1.54, 1.807) is 0 Å². The van der Waals surface area contributed by atoms with Crippen LogP contribution in [0, 0.1) is 0 Å². The Kier molecular flexibility index (Phi) is 5.37. The molecule has 2 saturated heterocycles. The normalized spacial score (nSPS) is 19.2. The van der Waals surface area contributed by atoms with Crippen molar-refractivity contribution >= 4 is 23.6 Å². The molecule has 116 valence electrons. The highest BCUT2D eigenvalue weighted by molar-refractivity contribution is 6.01. The molecular formula is C12H18N4O5. The molecule has 4 amide bonds. The lowest BCUT2D eigenvalue weighted by molar-refractivity contribution is -0.143. The largest absolute Gasteiger partial charge is 0.379 e. The molecular weight excluding hydrogens is 280 g/mol. The molecule has 0 aromatic heterocycles. The fraction of sp³-hybridized carbons (Fsp3) is 0.667. The van der Waals surface area contributed by atoms with Crippen molar-refractivity contribution < 1.29 is 23.9 Å². The summed E-state index contributed by atoms with van der Waals surface area (Å²) in [6.45, 7) is 1.28. The van der Waals surface area contributed by atoms with Crippen molar-refractivity contribution in [1.82, 2.24) is 20.9 Å². The standard InChI is InChI=1S/C12H18N4O5/c17-9-1-2-10(18)15(9)13-5-7-21-8-6-14-16-11(19)3-4-12(16)20/h13-14H,1-8H2. The average Bonchev–Trinajstić information content (AvgIpc) is 2.94. The predicted molar refractivity (Wildman–Crippen MR) is 69.0 cm³/mol. The number of ether oxygens (including phenoxy) is 1. The van der Waals surface area contributed by atoms with E-state index >= 15 is 0 Å². The fourth-order valence-corrected chi connectivity index (χ4v) is 2.07. The maximum Gasteiger partial charge on any atom is 0.244 e. The number of carbonyl (C=O) groups is 4. The lowest BCUT2D eigenvalue weighted by Gasteiger charge is -2.16. The van der Waals surface area contributed by atoms with Gasteiger partial charge in [0.25, 0.3) is 0 Å². The van der Waals surface area contributed by atoms with Crippen LogP contribution in [0.4, 0.5) is 0 Å². The van der Waals surface area contributed by atoms with Crippen LogP contribution in [0.3, 0.4) is 0 Å². The van der Waals surface area contributed by atoms with Crippen molar-refractivity contribution in [2.24, 2.45) is 0 Å². The molecule has 0 bridgehead atoms. The summed E-state index contributed by atoms with van der Waals surface area (Å²) in [5, 5.41) is 2.03. The highest BCUT2D eigenvalue weighted by Gasteiger charge is 2.29. The Morgan fingerprint density at radius 3 is 1.38 bits per heavy atom. The number of amides is 4. The molecule has 0 aromatic carbocycles. The minimum absolute atomic E-state index is 0.229. The van der Waals surface area contributed by atoms with E-state index in [1.807, 2.05) is 0 Å². The summed E-state index contributed by atoms with van der Waals surface area (Å²) in [6, 6.07) is 0. The smallest absolute Gasteiger partial charge is 0.244 e. The predicted octanol–water partition coefficient (Wildman–Crippen LogP) is -1.69. The second-order valence-corrected chi connectivity index (χ2v) is 4.67. The topological polar surface area (TPSA) is 108 Å². The van der Waals surface area contributed by atoms with E-state index in [4.69, 9.17) is 4.74 Å². The minimum atomic E-state index is -0.229. The van der Waals surface area contributed by atoms with Gasteiger partial charge in [-0.2, -0.15) is 0 Å². The van der Waals surface area contributed by atoms with E-state index < -0.39 is 0 Å². The van der Waals surface area contributed by atoms with Crippen molar-refractivity contribution in [3.8, 4) is 0 Å². The van der Waals surface area contributed by atoms with Gasteiger partial charge in [-0.25, -0.2) is 20.9 Å². The maximum atomic E-state index is 11.3. The molecule has 0 aromatic rings. The van der Waals surface area contributed by atoms with Gasteiger partial charge in [-0.1, -0.05) is 0 Å². The Morgan fingerprint density at radius 1 is 0.714 bits per heavy atom. The lowest BCUT2D eigenvalue weighted by Crippen LogP contribution is -2.44. The minimum Gasteiger partial charge on any atom is -0.379 e. The molecule has 9 heteroatoms. The summed E-state index contributed by atoms with van der Waals surface area (Å²) in [5.41, 5.74) is 5.39. The molecule has 2 aliphatic heterocycles. The third kappa shape index (κ3) is 4.06. The zero-order chi connectivity index (χ0) is 15.2. The highest BCUT2D eigenvalue weighted by Crippen LogP contribution is 2.08. The summed E-state index contributed by atoms with van der Waals surface area (Å²) in [5.74, 6) is -0.916. The number of hydrogen-bond acceptors (Lipinski definition) is 7. The summed E-state index contributed by atoms with van der Waals surface area (Å²) in [7, 11) is 0. The van der Waals surface area contributed by atoms with Crippen LogP contribution in [-0.2, 0) is 23.9 Å². The van der Waals surface area contributed by atoms with E-state index in [0.29, 0.717) is 26.3 Å². The molecule has 9 nitrogen and oxygen atoms in total. The Balaban J connectivity index is 1.51. The number of rotatable bonds is 8. The van der Waals surface area contributed by atoms with Crippen molar-refractivity contribution in [2.45, 2.75) is 25.7 Å². The molecule has 2 N–H and O–H groups in total. The Hall–Kier alpha value is -1.84. The zero-order valence-corrected chi connectivity index (χ0v) is 11.6. The fourth-order valence-electron chi connectivity index (χ4n) is 2.07. The molecule has 2 rings (SSSR count). The van der Waals surface area contributed by atoms with E-state index in [-0.39, 0.29) is 49.3 Å². The van der Waals surface area contributed by atoms with Gasteiger partial charge < -0.3 is 4.74 Å². The van der Waals surface area contributed by atoms with Crippen LogP contribution in [0.15, 0.2) is 0 Å². The molecule has 2 heterocycles. The first-order valence-corrected chi connectivity index (χ1v) is 6.86. The molecule has 2 aliphatic rings. The van der Waals surface area contributed by atoms with E-state index in [1.165, 1.54) is 0 Å². The Bertz CT molecular complexity index is 381. The van der Waals surface area contributed by atoms with E-state index in [9.17, 15) is 19.2 Å². The van der Waals surface area contributed by atoms with Gasteiger partial charge in [0.2, 0.25) is 23.6 Å². The number of nitrogens with one attached hydrogen (secondary N) is 2. The quantitative estimate of drug-likeness (QED) is 0.406. The van der Waals surface area contributed by atoms with Crippen LogP contribution in [0.2, 0.25) is 0 Å². The molecule has 0 aliphatic carbocycles. The number of hydrogen-bond donors (Lipinski definition) is 2. The van der Waals surface area contributed by atoms with Gasteiger partial charge in [0.15, 0.2) is 0 Å². The first kappa shape index (κ1) is 15.5. The Labute approximate surface area is 121 Å². The Morgan fingerprint density at radius 2 is 1.05 bits per heavy atom. The summed E-state index contributed by atoms with van der Waals surface area (Å²) in [6.07, 6.45) is 0.978. The van der Waals surface area contributed by atoms with Crippen molar-refractivity contribution in [2.75, 3.05) is 26.3 Å². The summed E-state index contributed by atoms with van der Waals surface area (Å²) < 4.78 is 5.27. The second kappa shape index (κ2) is 7.25. The van der Waals surface area contributed by atoms with Crippen LogP contribution in [-0.4, -0.2) is 59.9 Å². The van der Waals surface area contributed by atoms with Crippen LogP contribution < -0.4 is 10.9 Å². The van der Waals surface area contributed by atoms with Crippen LogP contribution in [0.25, 0.3) is 0 Å². The molecule has 0 spiro atoms. The van der Waals surface area contributed by atoms with Crippen LogP contribution in [0.1, 0.15) is 25.7 Å². The van der Waals surface area contributed by atoms with E-state index in [0.717, 1.165) is 10.0 Å². The highest BCUT2D eigenvalue weighted by atomic mass is 16.5. The number of imide groups is 2. The van der Waals surface area contributed by atoms with Gasteiger partial charge in [-0.3, -0.25) is 19.2 Å². The number of carbonyl (C=O) groups excluding carboxylic acids is 4. The van der Waals surface area contributed by atoms with Crippen molar-refractivity contribution in [3.63, 3.8) is 0 Å². The van der Waals surface area contributed by atoms with Gasteiger partial charge in [0, 0.05) is 38.8 Å². The third-order valence-corrected chi connectivity index (χ3v) is 3.14. The SMILES string of the molecule is O=C1CCC(=O)N1NCCOCCNN1C(=O)CCC1=O. The van der Waals surface area contributed by atoms with Crippen molar-refractivity contribution in [1.29, 1.82) is 0 Å².